The molecule has 0 aromatic heterocycles. The maximum absolute atomic E-state index is 5.63. The van der Waals surface area contributed by atoms with Gasteiger partial charge in [0, 0.05) is 18.8 Å². The van der Waals surface area contributed by atoms with Crippen LogP contribution in [0.15, 0.2) is 24.3 Å². The minimum atomic E-state index is 0.846. The average Bonchev–Trinajstić information content (AvgIpc) is 2.93. The van der Waals surface area contributed by atoms with E-state index < -0.39 is 0 Å². The number of hydrogen-bond acceptors (Lipinski definition) is 2. The van der Waals surface area contributed by atoms with Crippen molar-refractivity contribution in [3.05, 3.63) is 29.8 Å². The molecule has 76 valence electrons. The van der Waals surface area contributed by atoms with Crippen molar-refractivity contribution in [2.24, 2.45) is 5.92 Å². The third kappa shape index (κ3) is 2.74. The summed E-state index contributed by atoms with van der Waals surface area (Å²) in [4.78, 5) is 2.39. The smallest absolute Gasteiger partial charge is 0.0314 e. The van der Waals surface area contributed by atoms with Crippen LogP contribution in [0.3, 0.4) is 0 Å². The fraction of sp³-hybridized carbons (Fsp3) is 0.500. The van der Waals surface area contributed by atoms with Crippen LogP contribution in [0.25, 0.3) is 0 Å². The number of nitrogens with zero attached hydrogens (tertiary/aromatic N) is 1. The quantitative estimate of drug-likeness (QED) is 0.737. The number of nitrogen functional groups attached to an aromatic ring is 1. The van der Waals surface area contributed by atoms with Crippen LogP contribution >= 0.6 is 0 Å². The molecule has 0 radical (unpaired) electrons. The lowest BCUT2D eigenvalue weighted by atomic mass is 10.2. The summed E-state index contributed by atoms with van der Waals surface area (Å²) in [5.41, 5.74) is 7.83. The van der Waals surface area contributed by atoms with E-state index in [-0.39, 0.29) is 0 Å². The van der Waals surface area contributed by atoms with Crippen molar-refractivity contribution in [2.75, 3.05) is 19.3 Å². The molecule has 0 unspecified atom stereocenters. The van der Waals surface area contributed by atoms with Crippen LogP contribution in [-0.4, -0.2) is 18.5 Å². The summed E-state index contributed by atoms with van der Waals surface area (Å²) in [7, 11) is 2.19. The maximum Gasteiger partial charge on any atom is 0.0314 e. The summed E-state index contributed by atoms with van der Waals surface area (Å²) < 4.78 is 0. The Balaban J connectivity index is 1.85. The minimum absolute atomic E-state index is 0.846. The summed E-state index contributed by atoms with van der Waals surface area (Å²) in [5, 5.41) is 0. The molecule has 0 amide bonds. The maximum atomic E-state index is 5.63. The van der Waals surface area contributed by atoms with E-state index in [0.29, 0.717) is 0 Å². The van der Waals surface area contributed by atoms with E-state index in [1.54, 1.807) is 0 Å². The van der Waals surface area contributed by atoms with E-state index in [4.69, 9.17) is 5.73 Å². The lowest BCUT2D eigenvalue weighted by Crippen LogP contribution is -2.20. The molecule has 2 N–H and O–H groups in total. The Labute approximate surface area is 85.7 Å². The SMILES string of the molecule is CN(Cc1ccc(N)cc1)CC1CC1. The largest absolute Gasteiger partial charge is 0.399 e. The van der Waals surface area contributed by atoms with E-state index in [0.717, 1.165) is 18.2 Å². The van der Waals surface area contributed by atoms with Crippen molar-refractivity contribution < 1.29 is 0 Å². The second kappa shape index (κ2) is 4.01. The Morgan fingerprint density at radius 3 is 2.50 bits per heavy atom. The first-order chi connectivity index (χ1) is 6.74. The average molecular weight is 190 g/mol. The molecule has 2 heteroatoms. The zero-order chi connectivity index (χ0) is 9.97. The van der Waals surface area contributed by atoms with Crippen LogP contribution in [-0.2, 0) is 6.54 Å². The van der Waals surface area contributed by atoms with Gasteiger partial charge in [-0.05, 0) is 43.5 Å². The molecule has 0 spiro atoms. The van der Waals surface area contributed by atoms with Gasteiger partial charge in [0.15, 0.2) is 0 Å². The molecule has 0 bridgehead atoms. The Morgan fingerprint density at radius 1 is 1.29 bits per heavy atom. The third-order valence-corrected chi connectivity index (χ3v) is 2.70. The molecule has 2 nitrogen and oxygen atoms in total. The van der Waals surface area contributed by atoms with Crippen LogP contribution in [0.2, 0.25) is 0 Å². The van der Waals surface area contributed by atoms with Gasteiger partial charge in [-0.3, -0.25) is 0 Å². The van der Waals surface area contributed by atoms with Crippen LogP contribution in [0.5, 0.6) is 0 Å². The summed E-state index contributed by atoms with van der Waals surface area (Å²) in [5.74, 6) is 0.966. The second-order valence-electron chi connectivity index (χ2n) is 4.38. The zero-order valence-electron chi connectivity index (χ0n) is 8.74. The van der Waals surface area contributed by atoms with Gasteiger partial charge in [-0.25, -0.2) is 0 Å². The van der Waals surface area contributed by atoms with Gasteiger partial charge >= 0.3 is 0 Å². The molecule has 0 atom stereocenters. The van der Waals surface area contributed by atoms with Gasteiger partial charge in [0.25, 0.3) is 0 Å². The summed E-state index contributed by atoms with van der Waals surface area (Å²) in [6, 6.07) is 8.16. The summed E-state index contributed by atoms with van der Waals surface area (Å²) in [6.07, 6.45) is 2.85. The molecule has 1 aromatic rings. The summed E-state index contributed by atoms with van der Waals surface area (Å²) in [6.45, 7) is 2.28. The van der Waals surface area contributed by atoms with Gasteiger partial charge < -0.3 is 10.6 Å². The van der Waals surface area contributed by atoms with Crippen molar-refractivity contribution in [3.8, 4) is 0 Å². The minimum Gasteiger partial charge on any atom is -0.399 e. The lowest BCUT2D eigenvalue weighted by molar-refractivity contribution is 0.313. The number of rotatable bonds is 4. The first-order valence-electron chi connectivity index (χ1n) is 5.27. The van der Waals surface area contributed by atoms with Crippen molar-refractivity contribution >= 4 is 5.69 Å². The van der Waals surface area contributed by atoms with Crippen molar-refractivity contribution in [2.45, 2.75) is 19.4 Å². The summed E-state index contributed by atoms with van der Waals surface area (Å²) >= 11 is 0. The highest BCUT2D eigenvalue weighted by Gasteiger charge is 2.22. The topological polar surface area (TPSA) is 29.3 Å². The molecule has 1 fully saturated rings. The van der Waals surface area contributed by atoms with Crippen LogP contribution in [0, 0.1) is 5.92 Å². The van der Waals surface area contributed by atoms with Crippen molar-refractivity contribution in [1.82, 2.24) is 4.90 Å². The molecule has 1 saturated carbocycles. The van der Waals surface area contributed by atoms with E-state index in [2.05, 4.69) is 24.1 Å². The van der Waals surface area contributed by atoms with Gasteiger partial charge in [-0.15, -0.1) is 0 Å². The van der Waals surface area contributed by atoms with Gasteiger partial charge in [-0.1, -0.05) is 12.1 Å². The van der Waals surface area contributed by atoms with Crippen LogP contribution < -0.4 is 5.73 Å². The number of nitrogens with two attached hydrogens (primary N) is 1. The van der Waals surface area contributed by atoms with Gasteiger partial charge in [0.1, 0.15) is 0 Å². The monoisotopic (exact) mass is 190 g/mol. The van der Waals surface area contributed by atoms with Gasteiger partial charge in [0.05, 0.1) is 0 Å². The van der Waals surface area contributed by atoms with E-state index >= 15 is 0 Å². The molecule has 1 aromatic carbocycles. The van der Waals surface area contributed by atoms with Gasteiger partial charge in [-0.2, -0.15) is 0 Å². The molecule has 0 saturated heterocycles. The van der Waals surface area contributed by atoms with E-state index in [1.165, 1.54) is 24.9 Å². The zero-order valence-corrected chi connectivity index (χ0v) is 8.74. The highest BCUT2D eigenvalue weighted by molar-refractivity contribution is 5.39. The number of benzene rings is 1. The Hall–Kier alpha value is -1.02. The number of hydrogen-bond donors (Lipinski definition) is 1. The van der Waals surface area contributed by atoms with Crippen LogP contribution in [0.1, 0.15) is 18.4 Å². The lowest BCUT2D eigenvalue weighted by Gasteiger charge is -2.16. The van der Waals surface area contributed by atoms with Crippen molar-refractivity contribution in [3.63, 3.8) is 0 Å². The van der Waals surface area contributed by atoms with Crippen molar-refractivity contribution in [1.29, 1.82) is 0 Å². The highest BCUT2D eigenvalue weighted by Crippen LogP contribution is 2.29. The van der Waals surface area contributed by atoms with Crippen LogP contribution in [0.4, 0.5) is 5.69 Å². The molecule has 2 rings (SSSR count). The third-order valence-electron chi connectivity index (χ3n) is 2.70. The molecule has 0 heterocycles. The number of anilines is 1. The fourth-order valence-corrected chi connectivity index (χ4v) is 1.74. The first kappa shape index (κ1) is 9.53. The molecule has 1 aliphatic carbocycles. The highest BCUT2D eigenvalue weighted by atomic mass is 15.1. The molecule has 1 aliphatic rings. The Morgan fingerprint density at radius 2 is 1.93 bits per heavy atom. The molecular formula is C12H18N2. The van der Waals surface area contributed by atoms with Gasteiger partial charge in [0.2, 0.25) is 0 Å². The van der Waals surface area contributed by atoms with E-state index in [1.807, 2.05) is 12.1 Å². The van der Waals surface area contributed by atoms with E-state index in [9.17, 15) is 0 Å². The fourth-order valence-electron chi connectivity index (χ4n) is 1.74. The predicted octanol–water partition coefficient (Wildman–Crippen LogP) is 2.11. The Bertz CT molecular complexity index is 288. The predicted molar refractivity (Wildman–Crippen MR) is 59.9 cm³/mol. The standard InChI is InChI=1S/C12H18N2/c1-14(8-10-2-3-10)9-11-4-6-12(13)7-5-11/h4-7,10H,2-3,8-9,13H2,1H3. The first-order valence-corrected chi connectivity index (χ1v) is 5.27. The Kier molecular flexibility index (Phi) is 2.73. The molecule has 0 aliphatic heterocycles. The normalized spacial score (nSPS) is 16.1. The molecule has 14 heavy (non-hydrogen) atoms. The molecular weight excluding hydrogens is 172 g/mol. The second-order valence-corrected chi connectivity index (χ2v) is 4.38.